The summed E-state index contributed by atoms with van der Waals surface area (Å²) in [6.45, 7) is 2.68. The van der Waals surface area contributed by atoms with Gasteiger partial charge in [0.05, 0.1) is 19.8 Å². The van der Waals surface area contributed by atoms with Crippen molar-refractivity contribution in [3.8, 4) is 5.75 Å². The van der Waals surface area contributed by atoms with Gasteiger partial charge in [-0.2, -0.15) is 0 Å². The van der Waals surface area contributed by atoms with Crippen molar-refractivity contribution >= 4 is 15.9 Å². The van der Waals surface area contributed by atoms with E-state index in [-0.39, 0.29) is 0 Å². The Morgan fingerprint density at radius 3 is 2.76 bits per heavy atom. The summed E-state index contributed by atoms with van der Waals surface area (Å²) in [5, 5.41) is 0.852. The van der Waals surface area contributed by atoms with Crippen molar-refractivity contribution in [2.45, 2.75) is 11.8 Å². The Labute approximate surface area is 111 Å². The quantitative estimate of drug-likeness (QED) is 0.518. The molecule has 3 nitrogen and oxygen atoms in total. The summed E-state index contributed by atoms with van der Waals surface area (Å²) in [7, 11) is 1.67. The van der Waals surface area contributed by atoms with Crippen LogP contribution >= 0.6 is 15.9 Å². The van der Waals surface area contributed by atoms with Crippen LogP contribution in [0.5, 0.6) is 5.75 Å². The Kier molecular flexibility index (Phi) is 8.05. The number of ether oxygens (including phenoxy) is 3. The van der Waals surface area contributed by atoms with E-state index in [4.69, 9.17) is 14.2 Å². The number of benzene rings is 1. The maximum Gasteiger partial charge on any atom is 0.119 e. The summed E-state index contributed by atoms with van der Waals surface area (Å²) in [5.74, 6) is 0.916. The van der Waals surface area contributed by atoms with E-state index in [0.29, 0.717) is 26.4 Å². The van der Waals surface area contributed by atoms with Crippen molar-refractivity contribution in [3.63, 3.8) is 0 Å². The predicted octanol–water partition coefficient (Wildman–Crippen LogP) is 3.01. The molecule has 0 aromatic heterocycles. The van der Waals surface area contributed by atoms with Gasteiger partial charge < -0.3 is 14.2 Å². The molecule has 1 rings (SSSR count). The standard InChI is InChI=1S/C13H19BrO3/c1-15-8-9-16-6-3-7-17-13-5-2-4-12(10-13)11-14/h2,4-5,10H,3,6-9,11H2,1H3. The zero-order valence-corrected chi connectivity index (χ0v) is 11.7. The molecule has 0 radical (unpaired) electrons. The van der Waals surface area contributed by atoms with Crippen LogP contribution in [-0.2, 0) is 14.8 Å². The molecule has 0 amide bonds. The molecule has 4 heteroatoms. The fourth-order valence-electron chi connectivity index (χ4n) is 1.31. The first-order valence-corrected chi connectivity index (χ1v) is 6.83. The van der Waals surface area contributed by atoms with E-state index >= 15 is 0 Å². The van der Waals surface area contributed by atoms with Crippen molar-refractivity contribution in [2.24, 2.45) is 0 Å². The molecular formula is C13H19BrO3. The molecule has 96 valence electrons. The minimum atomic E-state index is 0.647. The molecule has 0 unspecified atom stereocenters. The Hall–Kier alpha value is -0.580. The number of rotatable bonds is 9. The molecule has 0 bridgehead atoms. The lowest BCUT2D eigenvalue weighted by atomic mass is 10.2. The van der Waals surface area contributed by atoms with Crippen molar-refractivity contribution < 1.29 is 14.2 Å². The van der Waals surface area contributed by atoms with Crippen molar-refractivity contribution in [2.75, 3.05) is 33.5 Å². The largest absolute Gasteiger partial charge is 0.493 e. The lowest BCUT2D eigenvalue weighted by Crippen LogP contribution is -2.06. The minimum Gasteiger partial charge on any atom is -0.493 e. The van der Waals surface area contributed by atoms with Crippen LogP contribution in [-0.4, -0.2) is 33.5 Å². The highest BCUT2D eigenvalue weighted by Gasteiger charge is 1.96. The summed E-state index contributed by atoms with van der Waals surface area (Å²) >= 11 is 3.42. The summed E-state index contributed by atoms with van der Waals surface area (Å²) in [4.78, 5) is 0. The van der Waals surface area contributed by atoms with Gasteiger partial charge >= 0.3 is 0 Å². The number of hydrogen-bond acceptors (Lipinski definition) is 3. The van der Waals surface area contributed by atoms with Gasteiger partial charge in [0.1, 0.15) is 5.75 Å². The average molecular weight is 303 g/mol. The van der Waals surface area contributed by atoms with Crippen LogP contribution in [0.1, 0.15) is 12.0 Å². The molecule has 0 heterocycles. The van der Waals surface area contributed by atoms with Crippen LogP contribution in [0.4, 0.5) is 0 Å². The van der Waals surface area contributed by atoms with E-state index in [0.717, 1.165) is 17.5 Å². The number of halogens is 1. The highest BCUT2D eigenvalue weighted by Crippen LogP contribution is 2.15. The van der Waals surface area contributed by atoms with Crippen LogP contribution in [0.3, 0.4) is 0 Å². The van der Waals surface area contributed by atoms with Gasteiger partial charge in [-0.15, -0.1) is 0 Å². The number of alkyl halides is 1. The second-order valence-corrected chi connectivity index (χ2v) is 4.15. The van der Waals surface area contributed by atoms with Gasteiger partial charge in [0, 0.05) is 25.5 Å². The van der Waals surface area contributed by atoms with Crippen LogP contribution < -0.4 is 4.74 Å². The van der Waals surface area contributed by atoms with Gasteiger partial charge in [0.2, 0.25) is 0 Å². The van der Waals surface area contributed by atoms with E-state index in [2.05, 4.69) is 22.0 Å². The summed E-state index contributed by atoms with van der Waals surface area (Å²) < 4.78 is 15.8. The first kappa shape index (κ1) is 14.5. The van der Waals surface area contributed by atoms with Gasteiger partial charge in [0.25, 0.3) is 0 Å². The smallest absolute Gasteiger partial charge is 0.119 e. The zero-order valence-electron chi connectivity index (χ0n) is 10.2. The lowest BCUT2D eigenvalue weighted by Gasteiger charge is -2.07. The Morgan fingerprint density at radius 2 is 2.00 bits per heavy atom. The van der Waals surface area contributed by atoms with Gasteiger partial charge in [-0.3, -0.25) is 0 Å². The Morgan fingerprint density at radius 1 is 1.12 bits per heavy atom. The van der Waals surface area contributed by atoms with Crippen molar-refractivity contribution in [3.05, 3.63) is 29.8 Å². The molecule has 1 aromatic carbocycles. The molecule has 0 saturated heterocycles. The van der Waals surface area contributed by atoms with Gasteiger partial charge in [-0.25, -0.2) is 0 Å². The Balaban J connectivity index is 2.09. The molecule has 0 saturated carbocycles. The van der Waals surface area contributed by atoms with Crippen LogP contribution in [0, 0.1) is 0 Å². The molecule has 1 aromatic rings. The fourth-order valence-corrected chi connectivity index (χ4v) is 1.66. The first-order valence-electron chi connectivity index (χ1n) is 5.71. The third-order valence-corrected chi connectivity index (χ3v) is 2.83. The third kappa shape index (κ3) is 6.66. The minimum absolute atomic E-state index is 0.647. The summed E-state index contributed by atoms with van der Waals surface area (Å²) in [5.41, 5.74) is 1.22. The zero-order chi connectivity index (χ0) is 12.3. The predicted molar refractivity (Wildman–Crippen MR) is 71.9 cm³/mol. The normalized spacial score (nSPS) is 10.5. The first-order chi connectivity index (χ1) is 8.36. The fraction of sp³-hybridized carbons (Fsp3) is 0.538. The lowest BCUT2D eigenvalue weighted by molar-refractivity contribution is 0.0644. The van der Waals surface area contributed by atoms with E-state index < -0.39 is 0 Å². The monoisotopic (exact) mass is 302 g/mol. The number of methoxy groups -OCH3 is 1. The average Bonchev–Trinajstić information content (AvgIpc) is 2.38. The highest BCUT2D eigenvalue weighted by molar-refractivity contribution is 9.08. The summed E-state index contributed by atoms with van der Waals surface area (Å²) in [6, 6.07) is 8.08. The van der Waals surface area contributed by atoms with Gasteiger partial charge in [-0.1, -0.05) is 28.1 Å². The van der Waals surface area contributed by atoms with E-state index in [1.54, 1.807) is 7.11 Å². The third-order valence-electron chi connectivity index (χ3n) is 2.19. The molecule has 0 aliphatic rings. The molecule has 0 fully saturated rings. The van der Waals surface area contributed by atoms with Crippen molar-refractivity contribution in [1.29, 1.82) is 0 Å². The van der Waals surface area contributed by atoms with Crippen LogP contribution in [0.15, 0.2) is 24.3 Å². The topological polar surface area (TPSA) is 27.7 Å². The molecular weight excluding hydrogens is 284 g/mol. The van der Waals surface area contributed by atoms with Gasteiger partial charge in [-0.05, 0) is 17.7 Å². The molecule has 0 aliphatic carbocycles. The highest BCUT2D eigenvalue weighted by atomic mass is 79.9. The van der Waals surface area contributed by atoms with E-state index in [1.807, 2.05) is 18.2 Å². The molecule has 0 atom stereocenters. The maximum absolute atomic E-state index is 5.62. The van der Waals surface area contributed by atoms with E-state index in [1.165, 1.54) is 5.56 Å². The Bertz CT molecular complexity index is 304. The summed E-state index contributed by atoms with van der Waals surface area (Å²) in [6.07, 6.45) is 0.891. The SMILES string of the molecule is COCCOCCCOc1cccc(CBr)c1. The maximum atomic E-state index is 5.62. The van der Waals surface area contributed by atoms with Gasteiger partial charge in [0.15, 0.2) is 0 Å². The second-order valence-electron chi connectivity index (χ2n) is 3.59. The molecule has 0 aliphatic heterocycles. The molecule has 0 N–H and O–H groups in total. The number of hydrogen-bond donors (Lipinski definition) is 0. The van der Waals surface area contributed by atoms with Crippen LogP contribution in [0.25, 0.3) is 0 Å². The molecule has 0 spiro atoms. The van der Waals surface area contributed by atoms with Crippen LogP contribution in [0.2, 0.25) is 0 Å². The van der Waals surface area contributed by atoms with E-state index in [9.17, 15) is 0 Å². The van der Waals surface area contributed by atoms with Crippen molar-refractivity contribution in [1.82, 2.24) is 0 Å². The second kappa shape index (κ2) is 9.45. The molecule has 17 heavy (non-hydrogen) atoms.